The Kier molecular flexibility index (Phi) is 5.27. The Morgan fingerprint density at radius 3 is 2.70 bits per heavy atom. The lowest BCUT2D eigenvalue weighted by Crippen LogP contribution is -2.31. The Morgan fingerprint density at radius 2 is 1.97 bits per heavy atom. The zero-order valence-corrected chi connectivity index (χ0v) is 16.1. The number of nitrogens with zero attached hydrogens (tertiary/aromatic N) is 4. The summed E-state index contributed by atoms with van der Waals surface area (Å²) in [5.41, 5.74) is 5.85. The predicted octanol–water partition coefficient (Wildman–Crippen LogP) is 3.92. The first-order chi connectivity index (χ1) is 14.3. The fraction of sp³-hybridized carbons (Fsp3) is 0.333. The van der Waals surface area contributed by atoms with Crippen molar-refractivity contribution in [3.8, 4) is 0 Å². The van der Waals surface area contributed by atoms with Crippen LogP contribution in [0.4, 0.5) is 19.0 Å². The molecule has 0 spiro atoms. The lowest BCUT2D eigenvalue weighted by atomic mass is 10.0. The third-order valence-corrected chi connectivity index (χ3v) is 5.34. The van der Waals surface area contributed by atoms with Crippen molar-refractivity contribution in [2.75, 3.05) is 12.3 Å². The molecule has 0 unspecified atom stereocenters. The number of nitrogen functional groups attached to an aromatic ring is 1. The molecular formula is C21H20F3N5O. The van der Waals surface area contributed by atoms with E-state index in [1.54, 1.807) is 4.90 Å². The molecule has 30 heavy (non-hydrogen) atoms. The van der Waals surface area contributed by atoms with Gasteiger partial charge in [-0.1, -0.05) is 30.3 Å². The third kappa shape index (κ3) is 3.92. The molecule has 0 saturated carbocycles. The first-order valence-electron chi connectivity index (χ1n) is 9.66. The molecule has 2 aromatic heterocycles. The predicted molar refractivity (Wildman–Crippen MR) is 105 cm³/mol. The SMILES string of the molecule is Nc1ncnc2nc([C@@H]3CCCN3C(=O)CCc3ccccc3)cc(C(F)(F)F)c12. The van der Waals surface area contributed by atoms with Crippen molar-refractivity contribution in [3.63, 3.8) is 0 Å². The van der Waals surface area contributed by atoms with Crippen LogP contribution in [-0.4, -0.2) is 32.3 Å². The van der Waals surface area contributed by atoms with Gasteiger partial charge in [0.15, 0.2) is 5.65 Å². The number of likely N-dealkylation sites (tertiary alicyclic amines) is 1. The summed E-state index contributed by atoms with van der Waals surface area (Å²) in [5.74, 6) is -0.368. The number of benzene rings is 1. The molecule has 3 aromatic rings. The number of aryl methyl sites for hydroxylation is 1. The molecule has 1 aliphatic heterocycles. The van der Waals surface area contributed by atoms with E-state index in [9.17, 15) is 18.0 Å². The monoisotopic (exact) mass is 415 g/mol. The number of pyridine rings is 1. The van der Waals surface area contributed by atoms with Crippen LogP contribution in [0, 0.1) is 0 Å². The fourth-order valence-electron chi connectivity index (χ4n) is 3.91. The summed E-state index contributed by atoms with van der Waals surface area (Å²) in [6.07, 6.45) is -1.44. The van der Waals surface area contributed by atoms with Gasteiger partial charge in [-0.3, -0.25) is 4.79 Å². The number of fused-ring (bicyclic) bond motifs is 1. The molecule has 1 fully saturated rings. The van der Waals surface area contributed by atoms with E-state index in [-0.39, 0.29) is 34.9 Å². The molecule has 0 aliphatic carbocycles. The summed E-state index contributed by atoms with van der Waals surface area (Å²) >= 11 is 0. The molecule has 0 bridgehead atoms. The highest BCUT2D eigenvalue weighted by Crippen LogP contribution is 2.39. The van der Waals surface area contributed by atoms with Crippen LogP contribution >= 0.6 is 0 Å². The lowest BCUT2D eigenvalue weighted by molar-refractivity contribution is -0.136. The van der Waals surface area contributed by atoms with Gasteiger partial charge in [-0.05, 0) is 30.9 Å². The molecule has 1 amide bonds. The molecule has 1 aromatic carbocycles. The van der Waals surface area contributed by atoms with Crippen molar-refractivity contribution in [3.05, 3.63) is 59.5 Å². The maximum Gasteiger partial charge on any atom is 0.417 e. The van der Waals surface area contributed by atoms with Gasteiger partial charge in [-0.15, -0.1) is 0 Å². The molecule has 3 heterocycles. The summed E-state index contributed by atoms with van der Waals surface area (Å²) in [7, 11) is 0. The molecule has 4 rings (SSSR count). The number of amides is 1. The van der Waals surface area contributed by atoms with Crippen molar-refractivity contribution < 1.29 is 18.0 Å². The Balaban J connectivity index is 1.64. The van der Waals surface area contributed by atoms with Gasteiger partial charge in [-0.2, -0.15) is 13.2 Å². The van der Waals surface area contributed by atoms with Gasteiger partial charge in [-0.25, -0.2) is 15.0 Å². The lowest BCUT2D eigenvalue weighted by Gasteiger charge is -2.25. The van der Waals surface area contributed by atoms with Crippen molar-refractivity contribution in [1.29, 1.82) is 0 Å². The minimum atomic E-state index is -4.64. The maximum atomic E-state index is 13.7. The summed E-state index contributed by atoms with van der Waals surface area (Å²) in [6, 6.07) is 10.1. The number of hydrogen-bond acceptors (Lipinski definition) is 5. The largest absolute Gasteiger partial charge is 0.417 e. The van der Waals surface area contributed by atoms with E-state index in [2.05, 4.69) is 15.0 Å². The highest BCUT2D eigenvalue weighted by molar-refractivity contribution is 5.89. The first kappa shape index (κ1) is 20.1. The van der Waals surface area contributed by atoms with E-state index in [0.29, 0.717) is 25.8 Å². The Bertz CT molecular complexity index is 1070. The summed E-state index contributed by atoms with van der Waals surface area (Å²) < 4.78 is 41.1. The minimum Gasteiger partial charge on any atom is -0.383 e. The summed E-state index contributed by atoms with van der Waals surface area (Å²) in [5, 5.41) is -0.311. The standard InChI is InChI=1S/C21H20F3N5O/c22-21(23,24)14-11-15(28-20-18(14)19(25)26-12-27-20)16-7-4-10-29(16)17(30)9-8-13-5-2-1-3-6-13/h1-3,5-6,11-12,16H,4,7-10H2,(H2,25,26,27,28)/t16-/m0/s1. The van der Waals surface area contributed by atoms with Crippen LogP contribution < -0.4 is 5.73 Å². The molecule has 1 aliphatic rings. The van der Waals surface area contributed by atoms with Crippen LogP contribution in [0.1, 0.15) is 42.1 Å². The van der Waals surface area contributed by atoms with Gasteiger partial charge >= 0.3 is 6.18 Å². The van der Waals surface area contributed by atoms with Gasteiger partial charge in [0.1, 0.15) is 12.1 Å². The highest BCUT2D eigenvalue weighted by Gasteiger charge is 2.37. The number of rotatable bonds is 4. The van der Waals surface area contributed by atoms with Crippen LogP contribution in [0.2, 0.25) is 0 Å². The molecule has 6 nitrogen and oxygen atoms in total. The van der Waals surface area contributed by atoms with E-state index >= 15 is 0 Å². The number of anilines is 1. The average Bonchev–Trinajstić information content (AvgIpc) is 3.21. The van der Waals surface area contributed by atoms with Gasteiger partial charge < -0.3 is 10.6 Å². The van der Waals surface area contributed by atoms with Crippen molar-refractivity contribution in [2.24, 2.45) is 0 Å². The van der Waals surface area contributed by atoms with E-state index in [4.69, 9.17) is 5.73 Å². The highest BCUT2D eigenvalue weighted by atomic mass is 19.4. The topological polar surface area (TPSA) is 85.0 Å². The van der Waals surface area contributed by atoms with Crippen molar-refractivity contribution in [2.45, 2.75) is 37.9 Å². The number of carbonyl (C=O) groups is 1. The average molecular weight is 415 g/mol. The van der Waals surface area contributed by atoms with Crippen LogP contribution in [-0.2, 0) is 17.4 Å². The second-order valence-electron chi connectivity index (χ2n) is 7.28. The molecule has 156 valence electrons. The Hall–Kier alpha value is -3.23. The molecule has 1 saturated heterocycles. The number of hydrogen-bond donors (Lipinski definition) is 1. The van der Waals surface area contributed by atoms with Gasteiger partial charge in [0.05, 0.1) is 22.7 Å². The van der Waals surface area contributed by atoms with Crippen LogP contribution in [0.15, 0.2) is 42.7 Å². The van der Waals surface area contributed by atoms with E-state index in [1.807, 2.05) is 30.3 Å². The van der Waals surface area contributed by atoms with E-state index < -0.39 is 17.8 Å². The molecule has 1 atom stereocenters. The Labute approximate surface area is 171 Å². The van der Waals surface area contributed by atoms with Crippen molar-refractivity contribution >= 4 is 22.8 Å². The van der Waals surface area contributed by atoms with Gasteiger partial charge in [0, 0.05) is 13.0 Å². The first-order valence-corrected chi connectivity index (χ1v) is 9.66. The number of alkyl halides is 3. The van der Waals surface area contributed by atoms with Crippen LogP contribution in [0.3, 0.4) is 0 Å². The van der Waals surface area contributed by atoms with Crippen LogP contribution in [0.5, 0.6) is 0 Å². The number of aromatic nitrogens is 3. The molecule has 0 radical (unpaired) electrons. The number of halogens is 3. The maximum absolute atomic E-state index is 13.7. The number of nitrogens with two attached hydrogens (primary N) is 1. The zero-order chi connectivity index (χ0) is 21.3. The van der Waals surface area contributed by atoms with Gasteiger partial charge in [0.2, 0.25) is 5.91 Å². The second-order valence-corrected chi connectivity index (χ2v) is 7.28. The fourth-order valence-corrected chi connectivity index (χ4v) is 3.91. The Morgan fingerprint density at radius 1 is 1.20 bits per heavy atom. The smallest absolute Gasteiger partial charge is 0.383 e. The van der Waals surface area contributed by atoms with E-state index in [0.717, 1.165) is 18.0 Å². The quantitative estimate of drug-likeness (QED) is 0.698. The molecule has 2 N–H and O–H groups in total. The van der Waals surface area contributed by atoms with Crippen molar-refractivity contribution in [1.82, 2.24) is 19.9 Å². The van der Waals surface area contributed by atoms with E-state index in [1.165, 1.54) is 0 Å². The number of carbonyl (C=O) groups excluding carboxylic acids is 1. The minimum absolute atomic E-state index is 0.0981. The summed E-state index contributed by atoms with van der Waals surface area (Å²) in [4.78, 5) is 26.3. The summed E-state index contributed by atoms with van der Waals surface area (Å²) in [6.45, 7) is 0.491. The molecule has 9 heteroatoms. The normalized spacial score (nSPS) is 16.9. The van der Waals surface area contributed by atoms with Crippen LogP contribution in [0.25, 0.3) is 11.0 Å². The van der Waals surface area contributed by atoms with Gasteiger partial charge in [0.25, 0.3) is 0 Å². The zero-order valence-electron chi connectivity index (χ0n) is 16.1. The second kappa shape index (κ2) is 7.89. The molecular weight excluding hydrogens is 395 g/mol. The third-order valence-electron chi connectivity index (χ3n) is 5.34.